The maximum atomic E-state index is 13.1. The lowest BCUT2D eigenvalue weighted by atomic mass is 10.1. The average Bonchev–Trinajstić information content (AvgIpc) is 3.16. The number of nitrogens with zero attached hydrogens (tertiary/aromatic N) is 2. The van der Waals surface area contributed by atoms with Gasteiger partial charge in [-0.05, 0) is 43.2 Å². The number of rotatable bonds is 5. The predicted octanol–water partition coefficient (Wildman–Crippen LogP) is 3.78. The number of hydrogen-bond acceptors (Lipinski definition) is 4. The standard InChI is InChI=1S/C23H19F3N4O3/c1-13(27-10-9-14-12-28-18-8-3-2-7-17(14)18)19-20(31)29-22(33)30(21(19)32)16-6-4-5-15(11-16)23(24,25)26/h2-8,11-12,28,32H,9-10H2,1H3,(H,29,31,33). The molecule has 0 aliphatic heterocycles. The van der Waals surface area contributed by atoms with E-state index in [0.29, 0.717) is 17.1 Å². The molecule has 3 N–H and O–H groups in total. The highest BCUT2D eigenvalue weighted by molar-refractivity contribution is 6.00. The van der Waals surface area contributed by atoms with Crippen LogP contribution >= 0.6 is 0 Å². The van der Waals surface area contributed by atoms with E-state index in [1.54, 1.807) is 0 Å². The second-order valence-corrected chi connectivity index (χ2v) is 7.42. The Morgan fingerprint density at radius 2 is 1.88 bits per heavy atom. The van der Waals surface area contributed by atoms with Crippen LogP contribution < -0.4 is 11.2 Å². The number of para-hydroxylation sites is 1. The van der Waals surface area contributed by atoms with Crippen LogP contribution in [-0.4, -0.2) is 31.9 Å². The highest BCUT2D eigenvalue weighted by Gasteiger charge is 2.31. The number of aromatic amines is 2. The first-order valence-corrected chi connectivity index (χ1v) is 9.99. The molecule has 2 aromatic heterocycles. The van der Waals surface area contributed by atoms with E-state index in [0.717, 1.165) is 28.6 Å². The quantitative estimate of drug-likeness (QED) is 0.398. The Labute approximate surface area is 184 Å². The normalized spacial score (nSPS) is 12.4. The maximum Gasteiger partial charge on any atom is 0.416 e. The molecular weight excluding hydrogens is 437 g/mol. The first-order chi connectivity index (χ1) is 15.7. The number of benzene rings is 2. The third kappa shape index (κ3) is 4.32. The number of halogens is 3. The van der Waals surface area contributed by atoms with E-state index in [1.807, 2.05) is 35.4 Å². The van der Waals surface area contributed by atoms with Gasteiger partial charge in [0.2, 0.25) is 5.88 Å². The second-order valence-electron chi connectivity index (χ2n) is 7.42. The van der Waals surface area contributed by atoms with Crippen molar-refractivity contribution < 1.29 is 18.3 Å². The number of hydrogen-bond donors (Lipinski definition) is 3. The highest BCUT2D eigenvalue weighted by Crippen LogP contribution is 2.31. The number of nitrogens with one attached hydrogen (secondary N) is 2. The molecule has 4 rings (SSSR count). The van der Waals surface area contributed by atoms with E-state index in [9.17, 15) is 27.9 Å². The van der Waals surface area contributed by atoms with Gasteiger partial charge in [0.25, 0.3) is 5.56 Å². The van der Waals surface area contributed by atoms with Crippen LogP contribution in [0.2, 0.25) is 0 Å². The molecule has 2 aromatic carbocycles. The molecule has 0 bridgehead atoms. The molecule has 0 fully saturated rings. The van der Waals surface area contributed by atoms with Crippen molar-refractivity contribution in [1.29, 1.82) is 0 Å². The smallest absolute Gasteiger partial charge is 0.416 e. The molecule has 0 spiro atoms. The zero-order valence-corrected chi connectivity index (χ0v) is 17.4. The fourth-order valence-corrected chi connectivity index (χ4v) is 3.67. The first kappa shape index (κ1) is 22.1. The molecule has 2 heterocycles. The number of aliphatic imine (C=N–C) groups is 1. The Kier molecular flexibility index (Phi) is 5.67. The van der Waals surface area contributed by atoms with E-state index in [1.165, 1.54) is 13.0 Å². The number of fused-ring (bicyclic) bond motifs is 1. The zero-order valence-electron chi connectivity index (χ0n) is 17.4. The molecule has 0 aliphatic carbocycles. The molecule has 10 heteroatoms. The van der Waals surface area contributed by atoms with Crippen LogP contribution in [0.3, 0.4) is 0 Å². The Morgan fingerprint density at radius 3 is 2.64 bits per heavy atom. The summed E-state index contributed by atoms with van der Waals surface area (Å²) in [5, 5.41) is 11.7. The molecule has 0 saturated carbocycles. The summed E-state index contributed by atoms with van der Waals surface area (Å²) >= 11 is 0. The van der Waals surface area contributed by atoms with Crippen LogP contribution in [0.25, 0.3) is 16.6 Å². The van der Waals surface area contributed by atoms with Crippen molar-refractivity contribution in [2.45, 2.75) is 19.5 Å². The van der Waals surface area contributed by atoms with Crippen LogP contribution in [0.5, 0.6) is 5.88 Å². The van der Waals surface area contributed by atoms with Gasteiger partial charge in [-0.15, -0.1) is 0 Å². The van der Waals surface area contributed by atoms with Gasteiger partial charge in [-0.1, -0.05) is 24.3 Å². The topological polar surface area (TPSA) is 103 Å². The van der Waals surface area contributed by atoms with Crippen LogP contribution in [0, 0.1) is 0 Å². The minimum Gasteiger partial charge on any atom is -0.493 e. The minimum absolute atomic E-state index is 0.148. The monoisotopic (exact) mass is 456 g/mol. The summed E-state index contributed by atoms with van der Waals surface area (Å²) in [6, 6.07) is 11.6. The van der Waals surface area contributed by atoms with Gasteiger partial charge >= 0.3 is 11.9 Å². The van der Waals surface area contributed by atoms with Crippen LogP contribution in [0.15, 0.2) is 69.3 Å². The minimum atomic E-state index is -4.64. The summed E-state index contributed by atoms with van der Waals surface area (Å²) < 4.78 is 39.9. The lowest BCUT2D eigenvalue weighted by molar-refractivity contribution is -0.137. The predicted molar refractivity (Wildman–Crippen MR) is 118 cm³/mol. The van der Waals surface area contributed by atoms with Gasteiger partial charge in [0.05, 0.1) is 11.3 Å². The Balaban J connectivity index is 1.68. The van der Waals surface area contributed by atoms with Gasteiger partial charge in [0.1, 0.15) is 5.56 Å². The Bertz CT molecular complexity index is 1480. The van der Waals surface area contributed by atoms with E-state index in [-0.39, 0.29) is 23.5 Å². The van der Waals surface area contributed by atoms with Crippen molar-refractivity contribution in [1.82, 2.24) is 14.5 Å². The summed E-state index contributed by atoms with van der Waals surface area (Å²) in [6.45, 7) is 1.77. The number of H-pyrrole nitrogens is 2. The van der Waals surface area contributed by atoms with Crippen molar-refractivity contribution in [2.24, 2.45) is 4.99 Å². The maximum absolute atomic E-state index is 13.1. The number of aromatic nitrogens is 3. The van der Waals surface area contributed by atoms with Gasteiger partial charge in [-0.3, -0.25) is 14.8 Å². The van der Waals surface area contributed by atoms with Crippen molar-refractivity contribution >= 4 is 16.6 Å². The number of alkyl halides is 3. The van der Waals surface area contributed by atoms with Crippen molar-refractivity contribution in [2.75, 3.05) is 6.54 Å². The van der Waals surface area contributed by atoms with Gasteiger partial charge in [-0.25, -0.2) is 9.36 Å². The van der Waals surface area contributed by atoms with Crippen LogP contribution in [0.1, 0.15) is 23.6 Å². The van der Waals surface area contributed by atoms with E-state index in [2.05, 4.69) is 9.98 Å². The fraction of sp³-hybridized carbons (Fsp3) is 0.174. The molecule has 33 heavy (non-hydrogen) atoms. The van der Waals surface area contributed by atoms with Crippen molar-refractivity contribution in [3.8, 4) is 11.6 Å². The lowest BCUT2D eigenvalue weighted by Crippen LogP contribution is -2.33. The van der Waals surface area contributed by atoms with Gasteiger partial charge < -0.3 is 10.1 Å². The summed E-state index contributed by atoms with van der Waals surface area (Å²) in [4.78, 5) is 34.2. The lowest BCUT2D eigenvalue weighted by Gasteiger charge is -2.13. The van der Waals surface area contributed by atoms with Crippen LogP contribution in [-0.2, 0) is 12.6 Å². The summed E-state index contributed by atoms with van der Waals surface area (Å²) in [6.07, 6.45) is -2.22. The average molecular weight is 456 g/mol. The third-order valence-electron chi connectivity index (χ3n) is 5.28. The van der Waals surface area contributed by atoms with Crippen molar-refractivity contribution in [3.63, 3.8) is 0 Å². The SMILES string of the molecule is CC(=NCCc1c[nH]c2ccccc12)c1c(O)n(-c2cccc(C(F)(F)F)c2)c(=O)[nH]c1=O. The molecular formula is C23H19F3N4O3. The molecule has 0 aliphatic rings. The molecule has 0 amide bonds. The summed E-state index contributed by atoms with van der Waals surface area (Å²) in [7, 11) is 0. The van der Waals surface area contributed by atoms with E-state index >= 15 is 0 Å². The summed E-state index contributed by atoms with van der Waals surface area (Å²) in [5.41, 5.74) is -1.31. The van der Waals surface area contributed by atoms with Crippen molar-refractivity contribution in [3.05, 3.63) is 92.3 Å². The first-order valence-electron chi connectivity index (χ1n) is 9.99. The zero-order chi connectivity index (χ0) is 23.8. The molecule has 170 valence electrons. The van der Waals surface area contributed by atoms with E-state index < -0.39 is 28.9 Å². The van der Waals surface area contributed by atoms with E-state index in [4.69, 9.17) is 0 Å². The molecule has 0 radical (unpaired) electrons. The Hall–Kier alpha value is -4.08. The number of aromatic hydroxyl groups is 1. The van der Waals surface area contributed by atoms with Gasteiger partial charge in [0.15, 0.2) is 0 Å². The largest absolute Gasteiger partial charge is 0.493 e. The Morgan fingerprint density at radius 1 is 1.12 bits per heavy atom. The summed E-state index contributed by atoms with van der Waals surface area (Å²) in [5.74, 6) is -0.781. The highest BCUT2D eigenvalue weighted by atomic mass is 19.4. The van der Waals surface area contributed by atoms with Crippen LogP contribution in [0.4, 0.5) is 13.2 Å². The molecule has 0 unspecified atom stereocenters. The second kappa shape index (κ2) is 8.45. The molecule has 7 nitrogen and oxygen atoms in total. The fourth-order valence-electron chi connectivity index (χ4n) is 3.67. The molecule has 0 atom stereocenters. The van der Waals surface area contributed by atoms with Gasteiger partial charge in [0, 0.05) is 29.4 Å². The van der Waals surface area contributed by atoms with Gasteiger partial charge in [-0.2, -0.15) is 13.2 Å². The molecule has 0 saturated heterocycles. The third-order valence-corrected chi connectivity index (χ3v) is 5.28. The molecule has 4 aromatic rings.